The first-order valence-corrected chi connectivity index (χ1v) is 9.22. The van der Waals surface area contributed by atoms with E-state index in [1.165, 1.54) is 0 Å². The molecule has 0 radical (unpaired) electrons. The molecule has 0 bridgehead atoms. The summed E-state index contributed by atoms with van der Waals surface area (Å²) in [5, 5.41) is 0.360. The molecule has 0 aromatic heterocycles. The first-order valence-electron chi connectivity index (χ1n) is 7.36. The van der Waals surface area contributed by atoms with E-state index >= 15 is 0 Å². The zero-order valence-corrected chi connectivity index (χ0v) is 14.5. The molecule has 0 unspecified atom stereocenters. The second kappa shape index (κ2) is 5.73. The van der Waals surface area contributed by atoms with Gasteiger partial charge in [-0.05, 0) is 62.6 Å². The Morgan fingerprint density at radius 1 is 1.17 bits per heavy atom. The molecular weight excluding hydrogens is 334 g/mol. The number of aryl methyl sites for hydroxylation is 1. The predicted molar refractivity (Wildman–Crippen MR) is 91.7 cm³/mol. The summed E-state index contributed by atoms with van der Waals surface area (Å²) in [4.78, 5) is 0.208. The first kappa shape index (κ1) is 16.1. The molecule has 6 heteroatoms. The Morgan fingerprint density at radius 3 is 2.65 bits per heavy atom. The smallest absolute Gasteiger partial charge is 0.261 e. The van der Waals surface area contributed by atoms with E-state index < -0.39 is 10.0 Å². The third kappa shape index (κ3) is 3.46. The number of fused-ring (bicyclic) bond motifs is 1. The summed E-state index contributed by atoms with van der Waals surface area (Å²) in [5.74, 6) is 0.748. The van der Waals surface area contributed by atoms with Crippen molar-refractivity contribution in [1.82, 2.24) is 0 Å². The molecule has 1 aliphatic rings. The lowest BCUT2D eigenvalue weighted by Gasteiger charge is -2.32. The van der Waals surface area contributed by atoms with Crippen molar-refractivity contribution < 1.29 is 13.2 Å². The number of nitrogens with one attached hydrogen (secondary N) is 1. The van der Waals surface area contributed by atoms with Crippen LogP contribution in [-0.2, 0) is 16.4 Å². The Balaban J connectivity index is 1.91. The lowest BCUT2D eigenvalue weighted by molar-refractivity contribution is 0.0845. The van der Waals surface area contributed by atoms with Gasteiger partial charge in [0.2, 0.25) is 0 Å². The minimum Gasteiger partial charge on any atom is -0.488 e. The van der Waals surface area contributed by atoms with Crippen molar-refractivity contribution in [1.29, 1.82) is 0 Å². The molecule has 122 valence electrons. The highest BCUT2D eigenvalue weighted by molar-refractivity contribution is 7.92. The molecule has 1 heterocycles. The summed E-state index contributed by atoms with van der Waals surface area (Å²) in [6.07, 6.45) is 1.64. The minimum absolute atomic E-state index is 0.208. The van der Waals surface area contributed by atoms with Gasteiger partial charge in [0.25, 0.3) is 10.0 Å². The fourth-order valence-electron chi connectivity index (χ4n) is 2.55. The molecule has 1 N–H and O–H groups in total. The van der Waals surface area contributed by atoms with E-state index in [9.17, 15) is 8.42 Å². The number of rotatable bonds is 3. The van der Waals surface area contributed by atoms with Gasteiger partial charge in [-0.2, -0.15) is 0 Å². The summed E-state index contributed by atoms with van der Waals surface area (Å²) in [6, 6.07) is 11.7. The fourth-order valence-corrected chi connectivity index (χ4v) is 3.92. The van der Waals surface area contributed by atoms with Crippen LogP contribution in [0.15, 0.2) is 47.4 Å². The summed E-state index contributed by atoms with van der Waals surface area (Å²) in [5.41, 5.74) is 1.05. The molecular formula is C17H18ClNO3S. The Morgan fingerprint density at radius 2 is 1.91 bits per heavy atom. The molecule has 0 aliphatic carbocycles. The monoisotopic (exact) mass is 351 g/mol. The highest BCUT2D eigenvalue weighted by atomic mass is 35.5. The van der Waals surface area contributed by atoms with Gasteiger partial charge in [0.1, 0.15) is 11.4 Å². The van der Waals surface area contributed by atoms with Crippen molar-refractivity contribution >= 4 is 27.3 Å². The van der Waals surface area contributed by atoms with E-state index in [4.69, 9.17) is 16.3 Å². The first-order chi connectivity index (χ1) is 10.8. The van der Waals surface area contributed by atoms with Gasteiger partial charge in [-0.3, -0.25) is 4.72 Å². The molecule has 23 heavy (non-hydrogen) atoms. The topological polar surface area (TPSA) is 55.4 Å². The van der Waals surface area contributed by atoms with E-state index in [-0.39, 0.29) is 10.5 Å². The average Bonchev–Trinajstić information content (AvgIpc) is 2.48. The van der Waals surface area contributed by atoms with Crippen LogP contribution in [-0.4, -0.2) is 14.0 Å². The van der Waals surface area contributed by atoms with Gasteiger partial charge in [0, 0.05) is 0 Å². The summed E-state index contributed by atoms with van der Waals surface area (Å²) >= 11 is 6.02. The van der Waals surface area contributed by atoms with Crippen molar-refractivity contribution in [3.8, 4) is 5.75 Å². The molecule has 0 spiro atoms. The fraction of sp³-hybridized carbons (Fsp3) is 0.294. The Hall–Kier alpha value is -1.72. The van der Waals surface area contributed by atoms with Crippen molar-refractivity contribution in [3.05, 3.63) is 53.1 Å². The van der Waals surface area contributed by atoms with Crippen LogP contribution in [0.2, 0.25) is 5.02 Å². The van der Waals surface area contributed by atoms with Gasteiger partial charge in [0.15, 0.2) is 0 Å². The summed E-state index contributed by atoms with van der Waals surface area (Å²) in [7, 11) is -3.69. The van der Waals surface area contributed by atoms with Crippen LogP contribution in [0.25, 0.3) is 0 Å². The lowest BCUT2D eigenvalue weighted by atomic mass is 9.94. The zero-order valence-electron chi connectivity index (χ0n) is 13.0. The number of ether oxygens (including phenoxy) is 1. The van der Waals surface area contributed by atoms with Crippen molar-refractivity contribution in [2.24, 2.45) is 0 Å². The molecule has 0 saturated heterocycles. The van der Waals surface area contributed by atoms with Gasteiger partial charge in [-0.1, -0.05) is 23.7 Å². The average molecular weight is 352 g/mol. The van der Waals surface area contributed by atoms with E-state index in [0.717, 1.165) is 24.2 Å². The molecule has 4 nitrogen and oxygen atoms in total. The number of para-hydroxylation sites is 1. The Kier molecular flexibility index (Phi) is 4.02. The van der Waals surface area contributed by atoms with E-state index in [0.29, 0.717) is 10.7 Å². The van der Waals surface area contributed by atoms with Crippen LogP contribution in [0.3, 0.4) is 0 Å². The van der Waals surface area contributed by atoms with Crippen LogP contribution in [0.5, 0.6) is 5.75 Å². The molecule has 0 atom stereocenters. The molecule has 2 aromatic carbocycles. The predicted octanol–water partition coefficient (Wildman–Crippen LogP) is 4.24. The largest absolute Gasteiger partial charge is 0.488 e. The minimum atomic E-state index is -3.69. The molecule has 0 fully saturated rings. The third-order valence-corrected chi connectivity index (χ3v) is 5.54. The maximum absolute atomic E-state index is 12.6. The maximum Gasteiger partial charge on any atom is 0.261 e. The second-order valence-corrected chi connectivity index (χ2v) is 8.31. The van der Waals surface area contributed by atoms with Crippen LogP contribution >= 0.6 is 11.6 Å². The normalized spacial score (nSPS) is 16.3. The number of anilines is 1. The maximum atomic E-state index is 12.6. The van der Waals surface area contributed by atoms with Crippen LogP contribution in [0, 0.1) is 0 Å². The highest BCUT2D eigenvalue weighted by Crippen LogP contribution is 2.34. The molecule has 2 aromatic rings. The van der Waals surface area contributed by atoms with Crippen LogP contribution in [0.1, 0.15) is 25.8 Å². The lowest BCUT2D eigenvalue weighted by Crippen LogP contribution is -2.32. The number of hydrogen-bond acceptors (Lipinski definition) is 3. The second-order valence-electron chi connectivity index (χ2n) is 6.22. The highest BCUT2D eigenvalue weighted by Gasteiger charge is 2.27. The zero-order chi connectivity index (χ0) is 16.7. The summed E-state index contributed by atoms with van der Waals surface area (Å²) in [6.45, 7) is 4.05. The van der Waals surface area contributed by atoms with E-state index in [2.05, 4.69) is 4.72 Å². The van der Waals surface area contributed by atoms with Crippen molar-refractivity contribution in [3.63, 3.8) is 0 Å². The SMILES string of the molecule is CC1(C)CCc2cc(S(=O)(=O)Nc3ccccc3Cl)ccc2O1. The van der Waals surface area contributed by atoms with Gasteiger partial charge in [-0.15, -0.1) is 0 Å². The number of hydrogen-bond donors (Lipinski definition) is 1. The number of benzene rings is 2. The van der Waals surface area contributed by atoms with Crippen molar-refractivity contribution in [2.75, 3.05) is 4.72 Å². The third-order valence-electron chi connectivity index (χ3n) is 3.84. The number of sulfonamides is 1. The van der Waals surface area contributed by atoms with Crippen LogP contribution < -0.4 is 9.46 Å². The van der Waals surface area contributed by atoms with Gasteiger partial charge < -0.3 is 4.74 Å². The summed E-state index contributed by atoms with van der Waals surface area (Å²) < 4.78 is 33.5. The van der Waals surface area contributed by atoms with Gasteiger partial charge in [0.05, 0.1) is 15.6 Å². The quantitative estimate of drug-likeness (QED) is 0.899. The standard InChI is InChI=1S/C17H18ClNO3S/c1-17(2)10-9-12-11-13(7-8-16(12)22-17)23(20,21)19-15-6-4-3-5-14(15)18/h3-8,11,19H,9-10H2,1-2H3. The molecule has 3 rings (SSSR count). The van der Waals surface area contributed by atoms with Gasteiger partial charge >= 0.3 is 0 Å². The van der Waals surface area contributed by atoms with Crippen LogP contribution in [0.4, 0.5) is 5.69 Å². The molecule has 0 saturated carbocycles. The van der Waals surface area contributed by atoms with E-state index in [1.54, 1.807) is 42.5 Å². The van der Waals surface area contributed by atoms with Crippen molar-refractivity contribution in [2.45, 2.75) is 37.2 Å². The Labute approximate surface area is 141 Å². The number of halogens is 1. The van der Waals surface area contributed by atoms with E-state index in [1.807, 2.05) is 13.8 Å². The molecule has 0 amide bonds. The Bertz CT molecular complexity index is 847. The molecule has 1 aliphatic heterocycles. The van der Waals surface area contributed by atoms with Gasteiger partial charge in [-0.25, -0.2) is 8.42 Å².